The Morgan fingerprint density at radius 1 is 0.781 bits per heavy atom. The van der Waals surface area contributed by atoms with E-state index in [1.54, 1.807) is 12.1 Å². The molecule has 0 radical (unpaired) electrons. The Labute approximate surface area is 190 Å². The van der Waals surface area contributed by atoms with Crippen LogP contribution >= 0.6 is 0 Å². The van der Waals surface area contributed by atoms with E-state index in [1.165, 1.54) is 11.6 Å². The van der Waals surface area contributed by atoms with Gasteiger partial charge in [-0.1, -0.05) is 86.0 Å². The molecule has 1 atom stereocenters. The van der Waals surface area contributed by atoms with Gasteiger partial charge in [0.15, 0.2) is 5.78 Å². The van der Waals surface area contributed by atoms with E-state index in [4.69, 9.17) is 4.74 Å². The maximum atomic E-state index is 12.8. The highest BCUT2D eigenvalue weighted by atomic mass is 16.5. The number of benzene rings is 3. The molecule has 0 aliphatic rings. The normalized spacial score (nSPS) is 11.8. The van der Waals surface area contributed by atoms with E-state index in [1.807, 2.05) is 36.4 Å². The Morgan fingerprint density at radius 3 is 2.16 bits per heavy atom. The Morgan fingerprint density at radius 2 is 1.44 bits per heavy atom. The molecular weight excluding hydrogens is 400 g/mol. The molecule has 3 aromatic rings. The lowest BCUT2D eigenvalue weighted by molar-refractivity contribution is 0.0857. The second kappa shape index (κ2) is 12.7. The molecule has 4 heteroatoms. The number of aliphatic hydroxyl groups excluding tert-OH is 1. The predicted octanol–water partition coefficient (Wildman–Crippen LogP) is 6.10. The summed E-state index contributed by atoms with van der Waals surface area (Å²) in [6.45, 7) is 0.302. The maximum absolute atomic E-state index is 12.8. The van der Waals surface area contributed by atoms with Gasteiger partial charge in [0.05, 0.1) is 6.10 Å². The van der Waals surface area contributed by atoms with E-state index < -0.39 is 6.10 Å². The minimum atomic E-state index is -0.724. The third kappa shape index (κ3) is 7.54. The summed E-state index contributed by atoms with van der Waals surface area (Å²) in [5.74, 6) is -0.0802. The zero-order valence-corrected chi connectivity index (χ0v) is 18.5. The van der Waals surface area contributed by atoms with Crippen molar-refractivity contribution in [1.29, 1.82) is 0 Å². The number of aryl methyl sites for hydroxylation is 1. The van der Waals surface area contributed by atoms with Gasteiger partial charge in [0, 0.05) is 6.42 Å². The number of phenolic OH excluding ortho intramolecular Hbond substituents is 1. The zero-order chi connectivity index (χ0) is 22.6. The first kappa shape index (κ1) is 23.6. The van der Waals surface area contributed by atoms with Crippen LogP contribution in [0.15, 0.2) is 78.9 Å². The van der Waals surface area contributed by atoms with Gasteiger partial charge in [-0.05, 0) is 42.5 Å². The summed E-state index contributed by atoms with van der Waals surface area (Å²) < 4.78 is 5.81. The highest BCUT2D eigenvalue weighted by Crippen LogP contribution is 2.30. The van der Waals surface area contributed by atoms with Crippen molar-refractivity contribution in [2.24, 2.45) is 0 Å². The molecule has 0 amide bonds. The van der Waals surface area contributed by atoms with Crippen LogP contribution in [-0.2, 0) is 13.0 Å². The Kier molecular flexibility index (Phi) is 9.33. The second-order valence-corrected chi connectivity index (χ2v) is 8.14. The van der Waals surface area contributed by atoms with Gasteiger partial charge < -0.3 is 14.9 Å². The van der Waals surface area contributed by atoms with E-state index in [0.29, 0.717) is 18.8 Å². The van der Waals surface area contributed by atoms with Crippen LogP contribution in [0.25, 0.3) is 0 Å². The summed E-state index contributed by atoms with van der Waals surface area (Å²) in [7, 11) is 0. The molecule has 4 nitrogen and oxygen atoms in total. The Balaban J connectivity index is 1.43. The van der Waals surface area contributed by atoms with Gasteiger partial charge in [-0.3, -0.25) is 4.79 Å². The number of ether oxygens (including phenoxy) is 1. The fourth-order valence-corrected chi connectivity index (χ4v) is 3.78. The number of unbranched alkanes of at least 4 members (excludes halogenated alkanes) is 3. The number of hydrogen-bond acceptors (Lipinski definition) is 4. The summed E-state index contributed by atoms with van der Waals surface area (Å²) in [6, 6.07) is 24.9. The van der Waals surface area contributed by atoms with E-state index in [-0.39, 0.29) is 23.5 Å². The number of aromatic hydroxyl groups is 1. The molecule has 0 heterocycles. The lowest BCUT2D eigenvalue weighted by atomic mass is 9.99. The standard InChI is InChI=1S/C28H32O4/c29-24(17-10-2-1-5-12-22-13-6-3-7-14-22)20-26(31)28-25(30)18-11-19-27(28)32-21-23-15-8-4-9-16-23/h3-4,6-9,11,13-16,18-19,24,29-30H,1-2,5,10,12,17,20-21H2. The summed E-state index contributed by atoms with van der Waals surface area (Å²) in [6.07, 6.45) is 5.03. The molecule has 0 fully saturated rings. The predicted molar refractivity (Wildman–Crippen MR) is 127 cm³/mol. The summed E-state index contributed by atoms with van der Waals surface area (Å²) >= 11 is 0. The van der Waals surface area contributed by atoms with Crippen molar-refractivity contribution in [2.75, 3.05) is 0 Å². The number of hydrogen-bond donors (Lipinski definition) is 2. The second-order valence-electron chi connectivity index (χ2n) is 8.14. The van der Waals surface area contributed by atoms with Gasteiger partial charge in [0.1, 0.15) is 23.7 Å². The SMILES string of the molecule is O=C(CC(O)CCCCCCc1ccccc1)c1c(O)cccc1OCc1ccccc1. The highest BCUT2D eigenvalue weighted by Gasteiger charge is 2.20. The van der Waals surface area contributed by atoms with Crippen LogP contribution in [0.3, 0.4) is 0 Å². The van der Waals surface area contributed by atoms with Gasteiger partial charge in [0.25, 0.3) is 0 Å². The summed E-state index contributed by atoms with van der Waals surface area (Å²) in [4.78, 5) is 12.8. The van der Waals surface area contributed by atoms with Crippen LogP contribution < -0.4 is 4.74 Å². The number of rotatable bonds is 13. The molecule has 0 saturated heterocycles. The lowest BCUT2D eigenvalue weighted by Crippen LogP contribution is -2.15. The Hall–Kier alpha value is -3.11. The number of Topliss-reactive ketones (excluding diaryl/α,β-unsaturated/α-hetero) is 1. The van der Waals surface area contributed by atoms with Crippen LogP contribution in [0.2, 0.25) is 0 Å². The fourth-order valence-electron chi connectivity index (χ4n) is 3.78. The minimum absolute atomic E-state index is 0.0245. The highest BCUT2D eigenvalue weighted by molar-refractivity contribution is 6.01. The topological polar surface area (TPSA) is 66.8 Å². The zero-order valence-electron chi connectivity index (χ0n) is 18.5. The molecule has 0 aliphatic heterocycles. The lowest BCUT2D eigenvalue weighted by Gasteiger charge is -2.14. The smallest absolute Gasteiger partial charge is 0.172 e. The van der Waals surface area contributed by atoms with Crippen LogP contribution in [0, 0.1) is 0 Å². The molecule has 0 aliphatic carbocycles. The first-order chi connectivity index (χ1) is 15.6. The molecule has 0 saturated carbocycles. The Bertz CT molecular complexity index is 954. The molecule has 168 valence electrons. The molecule has 2 N–H and O–H groups in total. The van der Waals surface area contributed by atoms with Crippen molar-refractivity contribution in [3.8, 4) is 11.5 Å². The minimum Gasteiger partial charge on any atom is -0.507 e. The first-order valence-corrected chi connectivity index (χ1v) is 11.4. The third-order valence-corrected chi connectivity index (χ3v) is 5.54. The number of phenols is 1. The van der Waals surface area contributed by atoms with Crippen molar-refractivity contribution < 1.29 is 19.7 Å². The number of aliphatic hydroxyl groups is 1. The molecule has 0 spiro atoms. The molecule has 3 aromatic carbocycles. The van der Waals surface area contributed by atoms with Crippen LogP contribution in [0.4, 0.5) is 0 Å². The molecule has 0 aromatic heterocycles. The van der Waals surface area contributed by atoms with Crippen LogP contribution in [0.5, 0.6) is 11.5 Å². The van der Waals surface area contributed by atoms with Gasteiger partial charge >= 0.3 is 0 Å². The van der Waals surface area contributed by atoms with Crippen molar-refractivity contribution in [1.82, 2.24) is 0 Å². The number of carbonyl (C=O) groups excluding carboxylic acids is 1. The maximum Gasteiger partial charge on any atom is 0.172 e. The quantitative estimate of drug-likeness (QED) is 0.253. The van der Waals surface area contributed by atoms with Crippen molar-refractivity contribution >= 4 is 5.78 Å². The number of carbonyl (C=O) groups is 1. The molecular formula is C28H32O4. The largest absolute Gasteiger partial charge is 0.507 e. The molecule has 3 rings (SSSR count). The van der Waals surface area contributed by atoms with Gasteiger partial charge in [0.2, 0.25) is 0 Å². The fraction of sp³-hybridized carbons (Fsp3) is 0.321. The van der Waals surface area contributed by atoms with Crippen molar-refractivity contribution in [3.63, 3.8) is 0 Å². The summed E-state index contributed by atoms with van der Waals surface area (Å²) in [5.41, 5.74) is 2.47. The van der Waals surface area contributed by atoms with E-state index in [2.05, 4.69) is 24.3 Å². The van der Waals surface area contributed by atoms with Gasteiger partial charge in [-0.15, -0.1) is 0 Å². The molecule has 32 heavy (non-hydrogen) atoms. The van der Waals surface area contributed by atoms with Gasteiger partial charge in [-0.25, -0.2) is 0 Å². The van der Waals surface area contributed by atoms with Crippen molar-refractivity contribution in [3.05, 3.63) is 95.6 Å². The van der Waals surface area contributed by atoms with E-state index in [0.717, 1.165) is 37.7 Å². The third-order valence-electron chi connectivity index (χ3n) is 5.54. The van der Waals surface area contributed by atoms with Gasteiger partial charge in [-0.2, -0.15) is 0 Å². The average Bonchev–Trinajstić information content (AvgIpc) is 2.81. The molecule has 0 bridgehead atoms. The first-order valence-electron chi connectivity index (χ1n) is 11.4. The monoisotopic (exact) mass is 432 g/mol. The van der Waals surface area contributed by atoms with E-state index >= 15 is 0 Å². The number of ketones is 1. The van der Waals surface area contributed by atoms with Crippen LogP contribution in [0.1, 0.15) is 60.0 Å². The van der Waals surface area contributed by atoms with E-state index in [9.17, 15) is 15.0 Å². The average molecular weight is 433 g/mol. The molecule has 1 unspecified atom stereocenters. The summed E-state index contributed by atoms with van der Waals surface area (Å²) in [5, 5.41) is 20.6. The van der Waals surface area contributed by atoms with Crippen LogP contribution in [-0.4, -0.2) is 22.1 Å². The van der Waals surface area contributed by atoms with Crippen molar-refractivity contribution in [2.45, 2.75) is 57.7 Å².